The molecule has 7 heteroatoms. The highest BCUT2D eigenvalue weighted by atomic mass is 32.1. The van der Waals surface area contributed by atoms with Crippen LogP contribution in [0.15, 0.2) is 11.4 Å². The zero-order chi connectivity index (χ0) is 15.2. The number of hydrogen-bond donors (Lipinski definition) is 1. The second-order valence-corrected chi connectivity index (χ2v) is 7.86. The van der Waals surface area contributed by atoms with E-state index >= 15 is 0 Å². The number of thiophene rings is 1. The van der Waals surface area contributed by atoms with Gasteiger partial charge in [-0.1, -0.05) is 20.8 Å². The van der Waals surface area contributed by atoms with Crippen molar-refractivity contribution in [3.05, 3.63) is 27.7 Å². The maximum atomic E-state index is 11.7. The van der Waals surface area contributed by atoms with Crippen molar-refractivity contribution in [2.75, 3.05) is 11.4 Å². The molecule has 1 aliphatic heterocycles. The van der Waals surface area contributed by atoms with Crippen LogP contribution < -0.4 is 4.90 Å². The van der Waals surface area contributed by atoms with Gasteiger partial charge in [-0.05, 0) is 23.4 Å². The fraction of sp³-hybridized carbons (Fsp3) is 0.500. The first-order valence-corrected chi connectivity index (χ1v) is 8.43. The molecule has 0 saturated heterocycles. The standard InChI is InChI=1S/C14H17N3O2S2/c1-14(2,3)12-15-13(21-16-12)17-6-4-9-8(5-7-20-9)10(17)11(18)19/h5,7,10H,4,6H2,1-3H3,(H,18,19). The van der Waals surface area contributed by atoms with E-state index < -0.39 is 12.0 Å². The fourth-order valence-corrected chi connectivity index (χ4v) is 4.24. The van der Waals surface area contributed by atoms with Crippen LogP contribution in [-0.4, -0.2) is 27.0 Å². The molecule has 112 valence electrons. The van der Waals surface area contributed by atoms with Gasteiger partial charge >= 0.3 is 5.97 Å². The predicted octanol–water partition coefficient (Wildman–Crippen LogP) is 3.09. The molecule has 3 rings (SSSR count). The average molecular weight is 323 g/mol. The second-order valence-electron chi connectivity index (χ2n) is 6.13. The summed E-state index contributed by atoms with van der Waals surface area (Å²) in [5.74, 6) is -0.0652. The van der Waals surface area contributed by atoms with Crippen molar-refractivity contribution >= 4 is 34.0 Å². The quantitative estimate of drug-likeness (QED) is 0.920. The summed E-state index contributed by atoms with van der Waals surface area (Å²) in [7, 11) is 0. The molecule has 5 nitrogen and oxygen atoms in total. The van der Waals surface area contributed by atoms with Gasteiger partial charge in [0.05, 0.1) is 0 Å². The molecule has 0 saturated carbocycles. The maximum absolute atomic E-state index is 11.7. The third-order valence-electron chi connectivity index (χ3n) is 3.53. The summed E-state index contributed by atoms with van der Waals surface area (Å²) < 4.78 is 4.40. The molecule has 0 radical (unpaired) electrons. The van der Waals surface area contributed by atoms with Crippen molar-refractivity contribution < 1.29 is 9.90 Å². The Labute approximate surface area is 131 Å². The Morgan fingerprint density at radius 1 is 1.48 bits per heavy atom. The largest absolute Gasteiger partial charge is 0.479 e. The van der Waals surface area contributed by atoms with E-state index in [1.807, 2.05) is 16.3 Å². The number of carboxylic acid groups (broad SMARTS) is 1. The monoisotopic (exact) mass is 323 g/mol. The minimum atomic E-state index is -0.832. The van der Waals surface area contributed by atoms with Gasteiger partial charge in [0.25, 0.3) is 0 Å². The molecule has 0 aliphatic carbocycles. The molecular formula is C14H17N3O2S2. The maximum Gasteiger partial charge on any atom is 0.331 e. The summed E-state index contributed by atoms with van der Waals surface area (Å²) in [6, 6.07) is 1.26. The molecule has 1 unspecified atom stereocenters. The normalized spacial score (nSPS) is 18.6. The molecule has 1 aliphatic rings. The van der Waals surface area contributed by atoms with E-state index in [1.165, 1.54) is 16.4 Å². The van der Waals surface area contributed by atoms with Gasteiger partial charge < -0.3 is 10.0 Å². The van der Waals surface area contributed by atoms with Crippen LogP contribution in [0.25, 0.3) is 0 Å². The van der Waals surface area contributed by atoms with E-state index in [2.05, 4.69) is 30.1 Å². The molecular weight excluding hydrogens is 306 g/mol. The topological polar surface area (TPSA) is 66.3 Å². The number of aliphatic carboxylic acids is 1. The van der Waals surface area contributed by atoms with Crippen LogP contribution in [0.2, 0.25) is 0 Å². The van der Waals surface area contributed by atoms with Crippen LogP contribution in [0.3, 0.4) is 0 Å². The van der Waals surface area contributed by atoms with Gasteiger partial charge in [-0.15, -0.1) is 11.3 Å². The molecule has 2 aromatic heterocycles. The summed E-state index contributed by atoms with van der Waals surface area (Å²) in [6.07, 6.45) is 0.862. The molecule has 2 aromatic rings. The lowest BCUT2D eigenvalue weighted by Crippen LogP contribution is -2.39. The van der Waals surface area contributed by atoms with Gasteiger partial charge in [-0.2, -0.15) is 4.37 Å². The number of carboxylic acids is 1. The number of anilines is 1. The highest BCUT2D eigenvalue weighted by molar-refractivity contribution is 7.10. The second kappa shape index (κ2) is 5.06. The van der Waals surface area contributed by atoms with Crippen molar-refractivity contribution in [3.8, 4) is 0 Å². The molecule has 1 atom stereocenters. The lowest BCUT2D eigenvalue weighted by atomic mass is 9.96. The summed E-state index contributed by atoms with van der Waals surface area (Å²) in [5, 5.41) is 12.3. The van der Waals surface area contributed by atoms with E-state index in [9.17, 15) is 9.90 Å². The summed E-state index contributed by atoms with van der Waals surface area (Å²) in [6.45, 7) is 6.84. The van der Waals surface area contributed by atoms with Gasteiger partial charge in [-0.25, -0.2) is 9.78 Å². The SMILES string of the molecule is CC(C)(C)c1nsc(N2CCc3sccc3C2C(=O)O)n1. The Kier molecular flexibility index (Phi) is 3.49. The van der Waals surface area contributed by atoms with Crippen LogP contribution in [0, 0.1) is 0 Å². The molecule has 0 spiro atoms. The van der Waals surface area contributed by atoms with Gasteiger partial charge in [0.15, 0.2) is 6.04 Å². The van der Waals surface area contributed by atoms with Crippen LogP contribution in [0.1, 0.15) is 43.1 Å². The van der Waals surface area contributed by atoms with Crippen molar-refractivity contribution in [2.45, 2.75) is 38.6 Å². The molecule has 1 N–H and O–H groups in total. The van der Waals surface area contributed by atoms with Crippen LogP contribution in [-0.2, 0) is 16.6 Å². The van der Waals surface area contributed by atoms with Crippen molar-refractivity contribution in [1.82, 2.24) is 9.36 Å². The summed E-state index contributed by atoms with van der Waals surface area (Å²) >= 11 is 2.92. The van der Waals surface area contributed by atoms with Crippen molar-refractivity contribution in [3.63, 3.8) is 0 Å². The van der Waals surface area contributed by atoms with E-state index in [0.717, 1.165) is 17.8 Å². The number of rotatable bonds is 2. The minimum Gasteiger partial charge on any atom is -0.479 e. The first kappa shape index (κ1) is 14.5. The lowest BCUT2D eigenvalue weighted by molar-refractivity contribution is -0.138. The molecule has 0 fully saturated rings. The van der Waals surface area contributed by atoms with E-state index in [0.29, 0.717) is 11.7 Å². The number of hydrogen-bond acceptors (Lipinski definition) is 6. The Bertz CT molecular complexity index is 672. The molecule has 3 heterocycles. The van der Waals surface area contributed by atoms with E-state index in [4.69, 9.17) is 0 Å². The van der Waals surface area contributed by atoms with Crippen molar-refractivity contribution in [2.24, 2.45) is 0 Å². The Morgan fingerprint density at radius 2 is 2.24 bits per heavy atom. The zero-order valence-electron chi connectivity index (χ0n) is 12.2. The minimum absolute atomic E-state index is 0.128. The fourth-order valence-electron chi connectivity index (χ4n) is 2.43. The van der Waals surface area contributed by atoms with E-state index in [-0.39, 0.29) is 5.41 Å². The predicted molar refractivity (Wildman–Crippen MR) is 84.4 cm³/mol. The Morgan fingerprint density at radius 3 is 2.86 bits per heavy atom. The Balaban J connectivity index is 1.98. The number of nitrogens with zero attached hydrogens (tertiary/aromatic N) is 3. The first-order valence-electron chi connectivity index (χ1n) is 6.78. The number of fused-ring (bicyclic) bond motifs is 1. The van der Waals surface area contributed by atoms with Crippen molar-refractivity contribution in [1.29, 1.82) is 0 Å². The molecule has 21 heavy (non-hydrogen) atoms. The van der Waals surface area contributed by atoms with Gasteiger partial charge in [-0.3, -0.25) is 0 Å². The lowest BCUT2D eigenvalue weighted by Gasteiger charge is -2.32. The van der Waals surface area contributed by atoms with Gasteiger partial charge in [0.2, 0.25) is 5.13 Å². The van der Waals surface area contributed by atoms with Crippen LogP contribution >= 0.6 is 22.9 Å². The van der Waals surface area contributed by atoms with Crippen LogP contribution in [0.4, 0.5) is 5.13 Å². The number of aromatic nitrogens is 2. The highest BCUT2D eigenvalue weighted by Crippen LogP contribution is 2.37. The molecule has 0 bridgehead atoms. The van der Waals surface area contributed by atoms with Gasteiger partial charge in [0.1, 0.15) is 5.82 Å². The molecule has 0 amide bonds. The third-order valence-corrected chi connectivity index (χ3v) is 5.28. The smallest absolute Gasteiger partial charge is 0.331 e. The number of carbonyl (C=O) groups is 1. The Hall–Kier alpha value is -1.47. The average Bonchev–Trinajstić information content (AvgIpc) is 3.05. The van der Waals surface area contributed by atoms with Crippen LogP contribution in [0.5, 0.6) is 0 Å². The summed E-state index contributed by atoms with van der Waals surface area (Å²) in [4.78, 5) is 19.3. The van der Waals surface area contributed by atoms with E-state index in [1.54, 1.807) is 11.3 Å². The molecule has 0 aromatic carbocycles. The summed E-state index contributed by atoms with van der Waals surface area (Å²) in [5.41, 5.74) is 0.767. The highest BCUT2D eigenvalue weighted by Gasteiger charge is 2.36. The third kappa shape index (κ3) is 2.55. The first-order chi connectivity index (χ1) is 9.88. The van der Waals surface area contributed by atoms with Gasteiger partial charge in [0, 0.05) is 28.4 Å². The zero-order valence-corrected chi connectivity index (χ0v) is 13.8.